The van der Waals surface area contributed by atoms with Crippen LogP contribution in [0.3, 0.4) is 0 Å². The Morgan fingerprint density at radius 1 is 1.30 bits per heavy atom. The number of rotatable bonds is 4. The molecular formula is C15H13ClFNO2. The number of methoxy groups -OCH3 is 1. The number of hydrogen-bond acceptors (Lipinski definition) is 3. The molecule has 0 aliphatic carbocycles. The minimum Gasteiger partial charge on any atom is -0.465 e. The van der Waals surface area contributed by atoms with Crippen LogP contribution in [0.4, 0.5) is 10.1 Å². The number of anilines is 1. The zero-order valence-electron chi connectivity index (χ0n) is 10.8. The van der Waals surface area contributed by atoms with Gasteiger partial charge in [0.15, 0.2) is 0 Å². The van der Waals surface area contributed by atoms with Crippen LogP contribution in [-0.4, -0.2) is 13.1 Å². The lowest BCUT2D eigenvalue weighted by Crippen LogP contribution is -2.06. The van der Waals surface area contributed by atoms with E-state index in [0.717, 1.165) is 5.56 Å². The highest BCUT2D eigenvalue weighted by molar-refractivity contribution is 6.31. The monoisotopic (exact) mass is 293 g/mol. The van der Waals surface area contributed by atoms with E-state index in [9.17, 15) is 9.18 Å². The molecule has 5 heteroatoms. The summed E-state index contributed by atoms with van der Waals surface area (Å²) < 4.78 is 18.3. The Morgan fingerprint density at radius 2 is 2.05 bits per heavy atom. The molecule has 2 aromatic carbocycles. The first-order valence-electron chi connectivity index (χ1n) is 5.97. The smallest absolute Gasteiger partial charge is 0.337 e. The van der Waals surface area contributed by atoms with Crippen LogP contribution in [0.1, 0.15) is 15.9 Å². The molecule has 0 bridgehead atoms. The summed E-state index contributed by atoms with van der Waals surface area (Å²) in [5.41, 5.74) is 1.36. The van der Waals surface area contributed by atoms with E-state index in [4.69, 9.17) is 11.6 Å². The predicted octanol–water partition coefficient (Wildman–Crippen LogP) is 3.88. The molecule has 0 saturated carbocycles. The van der Waals surface area contributed by atoms with Gasteiger partial charge >= 0.3 is 5.97 Å². The van der Waals surface area contributed by atoms with Crippen LogP contribution < -0.4 is 5.32 Å². The Bertz CT molecular complexity index is 631. The summed E-state index contributed by atoms with van der Waals surface area (Å²) in [7, 11) is 1.28. The van der Waals surface area contributed by atoms with Crippen molar-refractivity contribution < 1.29 is 13.9 Å². The standard InChI is InChI=1S/C15H13ClFNO2/c1-20-15(19)10-6-7-13(17)14(8-10)18-9-11-4-2-3-5-12(11)16/h2-8,18H,9H2,1H3. The fourth-order valence-electron chi connectivity index (χ4n) is 1.74. The summed E-state index contributed by atoms with van der Waals surface area (Å²) in [6.07, 6.45) is 0. The number of nitrogens with one attached hydrogen (secondary N) is 1. The van der Waals surface area contributed by atoms with E-state index < -0.39 is 11.8 Å². The molecule has 0 saturated heterocycles. The lowest BCUT2D eigenvalue weighted by Gasteiger charge is -2.10. The second-order valence-corrected chi connectivity index (χ2v) is 4.54. The maximum atomic E-state index is 13.7. The molecule has 3 nitrogen and oxygen atoms in total. The fraction of sp³-hybridized carbons (Fsp3) is 0.133. The van der Waals surface area contributed by atoms with Crippen molar-refractivity contribution in [3.63, 3.8) is 0 Å². The molecule has 0 aliphatic rings. The first kappa shape index (κ1) is 14.3. The van der Waals surface area contributed by atoms with E-state index in [0.29, 0.717) is 11.6 Å². The van der Waals surface area contributed by atoms with Crippen LogP contribution >= 0.6 is 11.6 Å². The van der Waals surface area contributed by atoms with Crippen LogP contribution in [0.5, 0.6) is 0 Å². The SMILES string of the molecule is COC(=O)c1ccc(F)c(NCc2ccccc2Cl)c1. The van der Waals surface area contributed by atoms with Gasteiger partial charge in [-0.1, -0.05) is 29.8 Å². The lowest BCUT2D eigenvalue weighted by molar-refractivity contribution is 0.0600. The van der Waals surface area contributed by atoms with E-state index in [1.807, 2.05) is 18.2 Å². The van der Waals surface area contributed by atoms with Crippen LogP contribution in [0.2, 0.25) is 5.02 Å². The lowest BCUT2D eigenvalue weighted by atomic mass is 10.1. The summed E-state index contributed by atoms with van der Waals surface area (Å²) in [4.78, 5) is 11.4. The van der Waals surface area contributed by atoms with Crippen LogP contribution in [-0.2, 0) is 11.3 Å². The van der Waals surface area contributed by atoms with Gasteiger partial charge in [-0.25, -0.2) is 9.18 Å². The second-order valence-electron chi connectivity index (χ2n) is 4.13. The Hall–Kier alpha value is -2.07. The number of hydrogen-bond donors (Lipinski definition) is 1. The van der Waals surface area contributed by atoms with Gasteiger partial charge in [0, 0.05) is 11.6 Å². The Morgan fingerprint density at radius 3 is 2.75 bits per heavy atom. The van der Waals surface area contributed by atoms with Gasteiger partial charge in [-0.3, -0.25) is 0 Å². The number of esters is 1. The largest absolute Gasteiger partial charge is 0.465 e. The molecule has 0 atom stereocenters. The molecule has 2 rings (SSSR count). The minimum atomic E-state index is -0.509. The third-order valence-electron chi connectivity index (χ3n) is 2.81. The van der Waals surface area contributed by atoms with Crippen LogP contribution in [0.15, 0.2) is 42.5 Å². The van der Waals surface area contributed by atoms with Crippen molar-refractivity contribution in [3.8, 4) is 0 Å². The highest BCUT2D eigenvalue weighted by Gasteiger charge is 2.10. The average molecular weight is 294 g/mol. The van der Waals surface area contributed by atoms with E-state index in [-0.39, 0.29) is 11.3 Å². The third-order valence-corrected chi connectivity index (χ3v) is 3.18. The first-order chi connectivity index (χ1) is 9.61. The number of carbonyl (C=O) groups is 1. The van der Waals surface area contributed by atoms with Gasteiger partial charge in [0.05, 0.1) is 18.4 Å². The first-order valence-corrected chi connectivity index (χ1v) is 6.34. The van der Waals surface area contributed by atoms with Crippen molar-refractivity contribution in [2.45, 2.75) is 6.54 Å². The van der Waals surface area contributed by atoms with Crippen molar-refractivity contribution in [2.24, 2.45) is 0 Å². The Labute approximate surface area is 121 Å². The Kier molecular flexibility index (Phi) is 4.58. The molecule has 0 amide bonds. The molecule has 0 unspecified atom stereocenters. The van der Waals surface area contributed by atoms with E-state index in [1.165, 1.54) is 25.3 Å². The minimum absolute atomic E-state index is 0.229. The summed E-state index contributed by atoms with van der Waals surface area (Å²) in [6.45, 7) is 0.362. The topological polar surface area (TPSA) is 38.3 Å². The maximum Gasteiger partial charge on any atom is 0.337 e. The van der Waals surface area contributed by atoms with E-state index >= 15 is 0 Å². The zero-order chi connectivity index (χ0) is 14.5. The van der Waals surface area contributed by atoms with Crippen LogP contribution in [0, 0.1) is 5.82 Å². The van der Waals surface area contributed by atoms with Crippen LogP contribution in [0.25, 0.3) is 0 Å². The summed E-state index contributed by atoms with van der Waals surface area (Å²) in [5.74, 6) is -0.949. The van der Waals surface area contributed by atoms with Gasteiger partial charge in [-0.15, -0.1) is 0 Å². The summed E-state index contributed by atoms with van der Waals surface area (Å²) in [5, 5.41) is 3.52. The molecule has 1 N–H and O–H groups in total. The zero-order valence-corrected chi connectivity index (χ0v) is 11.6. The molecule has 104 valence electrons. The van der Waals surface area contributed by atoms with Crippen molar-refractivity contribution in [2.75, 3.05) is 12.4 Å². The van der Waals surface area contributed by atoms with Gasteiger partial charge in [-0.05, 0) is 29.8 Å². The fourth-order valence-corrected chi connectivity index (χ4v) is 1.94. The number of ether oxygens (including phenoxy) is 1. The molecule has 0 aliphatic heterocycles. The van der Waals surface area contributed by atoms with Gasteiger partial charge in [-0.2, -0.15) is 0 Å². The molecule has 0 spiro atoms. The quantitative estimate of drug-likeness (QED) is 0.870. The van der Waals surface area contributed by atoms with Gasteiger partial charge in [0.25, 0.3) is 0 Å². The summed E-state index contributed by atoms with van der Waals surface area (Å²) >= 11 is 6.03. The molecule has 0 fully saturated rings. The van der Waals surface area contributed by atoms with E-state index in [2.05, 4.69) is 10.1 Å². The number of carbonyl (C=O) groups excluding carboxylic acids is 1. The van der Waals surface area contributed by atoms with Crippen molar-refractivity contribution in [1.29, 1.82) is 0 Å². The summed E-state index contributed by atoms with van der Waals surface area (Å²) in [6, 6.07) is 11.3. The average Bonchev–Trinajstić information content (AvgIpc) is 2.47. The number of halogens is 2. The third kappa shape index (κ3) is 3.27. The highest BCUT2D eigenvalue weighted by Crippen LogP contribution is 2.20. The van der Waals surface area contributed by atoms with Crippen molar-refractivity contribution in [1.82, 2.24) is 0 Å². The molecule has 0 aromatic heterocycles. The van der Waals surface area contributed by atoms with Gasteiger partial charge in [0.1, 0.15) is 5.82 Å². The molecule has 2 aromatic rings. The number of benzene rings is 2. The molecule has 20 heavy (non-hydrogen) atoms. The second kappa shape index (κ2) is 6.39. The normalized spacial score (nSPS) is 10.2. The van der Waals surface area contributed by atoms with Gasteiger partial charge < -0.3 is 10.1 Å². The molecular weight excluding hydrogens is 281 g/mol. The van der Waals surface area contributed by atoms with E-state index in [1.54, 1.807) is 6.07 Å². The molecule has 0 radical (unpaired) electrons. The van der Waals surface area contributed by atoms with Crippen molar-refractivity contribution >= 4 is 23.3 Å². The Balaban J connectivity index is 2.17. The highest BCUT2D eigenvalue weighted by atomic mass is 35.5. The van der Waals surface area contributed by atoms with Gasteiger partial charge in [0.2, 0.25) is 0 Å². The predicted molar refractivity (Wildman–Crippen MR) is 76.5 cm³/mol. The molecule has 0 heterocycles. The van der Waals surface area contributed by atoms with Crippen molar-refractivity contribution in [3.05, 3.63) is 64.4 Å². The maximum absolute atomic E-state index is 13.7.